The molecule has 0 aromatic carbocycles. The van der Waals surface area contributed by atoms with Gasteiger partial charge in [0.15, 0.2) is 0 Å². The Kier molecular flexibility index (Phi) is 50.3. The second-order valence-electron chi connectivity index (χ2n) is 19.9. The van der Waals surface area contributed by atoms with Gasteiger partial charge in [0.2, 0.25) is 0 Å². The summed E-state index contributed by atoms with van der Waals surface area (Å²) in [7, 11) is 1.65. The lowest BCUT2D eigenvalue weighted by molar-refractivity contribution is -0.870. The highest BCUT2D eigenvalue weighted by Crippen LogP contribution is 2.43. The van der Waals surface area contributed by atoms with Crippen LogP contribution < -0.4 is 0 Å². The first-order valence-electron chi connectivity index (χ1n) is 28.3. The van der Waals surface area contributed by atoms with E-state index in [1.54, 1.807) is 0 Å². The molecule has 9 heteroatoms. The molecule has 0 rings (SSSR count). The molecule has 8 nitrogen and oxygen atoms in total. The summed E-state index contributed by atoms with van der Waals surface area (Å²) in [6.45, 7) is 5.50. The fourth-order valence-electron chi connectivity index (χ4n) is 7.61. The molecule has 0 aromatic rings. The number of quaternary nitrogens is 1. The summed E-state index contributed by atoms with van der Waals surface area (Å²) >= 11 is 0. The Hall–Kier alpha value is -2.32. The minimum atomic E-state index is -4.29. The Morgan fingerprint density at radius 1 is 0.464 bits per heavy atom. The minimum absolute atomic E-state index is 0.0814. The molecule has 0 spiro atoms. The van der Waals surface area contributed by atoms with E-state index in [1.165, 1.54) is 128 Å². The van der Waals surface area contributed by atoms with E-state index in [0.29, 0.717) is 24.1 Å². The quantitative estimate of drug-likeness (QED) is 0.0213. The SMILES string of the molecule is CC/C=C\C/C=C\C/C=C\C/C=C\C/C=C\C/C=C\CCCCCCCCC(=O)OC(COCCCCCCCCCCCC/C=C\CCCCCCCCCC)COP(=O)(O)OCC[N+](C)(C)C. The number of ether oxygens (including phenoxy) is 2. The first-order chi connectivity index (χ1) is 33.6. The van der Waals surface area contributed by atoms with Crippen molar-refractivity contribution < 1.29 is 37.3 Å². The molecule has 0 radical (unpaired) electrons. The van der Waals surface area contributed by atoms with Crippen molar-refractivity contribution in [1.29, 1.82) is 0 Å². The van der Waals surface area contributed by atoms with Crippen molar-refractivity contribution in [2.24, 2.45) is 0 Å². The number of phosphoric ester groups is 1. The molecule has 2 atom stereocenters. The first kappa shape index (κ1) is 66.7. The van der Waals surface area contributed by atoms with Crippen LogP contribution in [0.2, 0.25) is 0 Å². The third-order valence-electron chi connectivity index (χ3n) is 11.9. The maximum Gasteiger partial charge on any atom is 0.472 e. The van der Waals surface area contributed by atoms with E-state index >= 15 is 0 Å². The summed E-state index contributed by atoms with van der Waals surface area (Å²) in [5, 5.41) is 0. The van der Waals surface area contributed by atoms with Crippen LogP contribution in [0, 0.1) is 0 Å². The largest absolute Gasteiger partial charge is 0.472 e. The summed E-state index contributed by atoms with van der Waals surface area (Å²) < 4.78 is 35.2. The predicted molar refractivity (Wildman–Crippen MR) is 298 cm³/mol. The monoisotopic (exact) mass is 987 g/mol. The molecule has 0 amide bonds. The number of likely N-dealkylation sites (N-methyl/N-ethyl adjacent to an activating group) is 1. The molecule has 0 bridgehead atoms. The minimum Gasteiger partial charge on any atom is -0.457 e. The van der Waals surface area contributed by atoms with E-state index in [4.69, 9.17) is 18.5 Å². The smallest absolute Gasteiger partial charge is 0.457 e. The maximum atomic E-state index is 12.8. The zero-order chi connectivity index (χ0) is 50.5. The molecule has 400 valence electrons. The molecule has 0 heterocycles. The Morgan fingerprint density at radius 2 is 0.841 bits per heavy atom. The molecule has 0 aliphatic heterocycles. The van der Waals surface area contributed by atoms with Crippen LogP contribution in [0.25, 0.3) is 0 Å². The molecule has 0 aliphatic carbocycles. The topological polar surface area (TPSA) is 91.3 Å². The number of hydrogen-bond acceptors (Lipinski definition) is 6. The van der Waals surface area contributed by atoms with Crippen LogP contribution in [0.4, 0.5) is 0 Å². The zero-order valence-electron chi connectivity index (χ0n) is 45.5. The number of allylic oxidation sites excluding steroid dienone is 14. The second-order valence-corrected chi connectivity index (χ2v) is 21.4. The van der Waals surface area contributed by atoms with Gasteiger partial charge in [0.05, 0.1) is 34.4 Å². The Bertz CT molecular complexity index is 1380. The number of rotatable bonds is 52. The Morgan fingerprint density at radius 3 is 1.28 bits per heavy atom. The lowest BCUT2D eigenvalue weighted by Crippen LogP contribution is -2.37. The third-order valence-corrected chi connectivity index (χ3v) is 12.9. The van der Waals surface area contributed by atoms with Crippen molar-refractivity contribution in [2.45, 2.75) is 238 Å². The fraction of sp³-hybridized carbons (Fsp3) is 0.750. The van der Waals surface area contributed by atoms with E-state index in [9.17, 15) is 14.3 Å². The molecule has 1 N–H and O–H groups in total. The van der Waals surface area contributed by atoms with Crippen LogP contribution >= 0.6 is 7.82 Å². The number of phosphoric acid groups is 1. The summed E-state index contributed by atoms with van der Waals surface area (Å²) in [4.78, 5) is 23.1. The standard InChI is InChI=1S/C60H108NO7P/c1-6-8-10-12-14-16-18-20-22-24-26-28-30-31-32-33-35-37-39-41-43-45-47-49-51-53-60(62)68-59(58-67-69(63,64)66-56-54-61(3,4)5)57-65-55-52-50-48-46-44-42-40-38-36-34-29-27-25-23-21-19-17-15-13-11-9-7-2/h8,10,14,16,20,22,25-28,31-32,35,37,59H,6-7,9,11-13,15,17-19,21,23-24,29-30,33-34,36,38-58H2,1-5H3/p+1/b10-8-,16-14-,22-20-,27-25-,28-26-,32-31-,37-35-. The van der Waals surface area contributed by atoms with Crippen LogP contribution in [0.3, 0.4) is 0 Å². The van der Waals surface area contributed by atoms with E-state index in [-0.39, 0.29) is 25.8 Å². The second kappa shape index (κ2) is 52.0. The number of carbonyl (C=O) groups is 1. The summed E-state index contributed by atoms with van der Waals surface area (Å²) in [6, 6.07) is 0. The third kappa shape index (κ3) is 56.5. The van der Waals surface area contributed by atoms with Crippen LogP contribution in [0.1, 0.15) is 232 Å². The fourth-order valence-corrected chi connectivity index (χ4v) is 8.35. The maximum absolute atomic E-state index is 12.8. The molecule has 0 saturated carbocycles. The van der Waals surface area contributed by atoms with Crippen molar-refractivity contribution in [1.82, 2.24) is 0 Å². The van der Waals surface area contributed by atoms with Gasteiger partial charge in [-0.05, 0) is 89.9 Å². The van der Waals surface area contributed by atoms with Gasteiger partial charge in [-0.1, -0.05) is 221 Å². The average molecular weight is 988 g/mol. The molecule has 0 aliphatic rings. The molecule has 2 unspecified atom stereocenters. The molecule has 0 saturated heterocycles. The lowest BCUT2D eigenvalue weighted by Gasteiger charge is -2.24. The first-order valence-corrected chi connectivity index (χ1v) is 29.8. The van der Waals surface area contributed by atoms with E-state index in [0.717, 1.165) is 83.5 Å². The number of hydrogen-bond donors (Lipinski definition) is 1. The number of carbonyl (C=O) groups excluding carboxylic acids is 1. The van der Waals surface area contributed by atoms with Gasteiger partial charge in [-0.3, -0.25) is 13.8 Å². The van der Waals surface area contributed by atoms with Crippen molar-refractivity contribution in [3.63, 3.8) is 0 Å². The summed E-state index contributed by atoms with van der Waals surface area (Å²) in [6.07, 6.45) is 70.7. The van der Waals surface area contributed by atoms with E-state index in [2.05, 4.69) is 98.9 Å². The van der Waals surface area contributed by atoms with E-state index in [1.807, 2.05) is 21.1 Å². The van der Waals surface area contributed by atoms with Gasteiger partial charge in [0.25, 0.3) is 0 Å². The Labute approximate surface area is 426 Å². The molecular weight excluding hydrogens is 878 g/mol. The van der Waals surface area contributed by atoms with Crippen LogP contribution in [0.15, 0.2) is 85.1 Å². The van der Waals surface area contributed by atoms with Gasteiger partial charge in [-0.25, -0.2) is 4.57 Å². The molecule has 0 aromatic heterocycles. The van der Waals surface area contributed by atoms with Crippen LogP contribution in [0.5, 0.6) is 0 Å². The van der Waals surface area contributed by atoms with Gasteiger partial charge in [-0.15, -0.1) is 0 Å². The number of nitrogens with zero attached hydrogens (tertiary/aromatic N) is 1. The van der Waals surface area contributed by atoms with Crippen LogP contribution in [-0.4, -0.2) is 75.6 Å². The predicted octanol–water partition coefficient (Wildman–Crippen LogP) is 18.0. The van der Waals surface area contributed by atoms with Crippen LogP contribution in [-0.2, 0) is 27.9 Å². The van der Waals surface area contributed by atoms with Gasteiger partial charge in [0, 0.05) is 13.0 Å². The zero-order valence-corrected chi connectivity index (χ0v) is 46.4. The highest BCUT2D eigenvalue weighted by atomic mass is 31.2. The summed E-state index contributed by atoms with van der Waals surface area (Å²) in [5.41, 5.74) is 0. The Balaban J connectivity index is 4.15. The summed E-state index contributed by atoms with van der Waals surface area (Å²) in [5.74, 6) is -0.329. The molecule has 69 heavy (non-hydrogen) atoms. The van der Waals surface area contributed by atoms with Gasteiger partial charge in [-0.2, -0.15) is 0 Å². The van der Waals surface area contributed by atoms with Crippen molar-refractivity contribution in [3.05, 3.63) is 85.1 Å². The van der Waals surface area contributed by atoms with Crippen molar-refractivity contribution >= 4 is 13.8 Å². The highest BCUT2D eigenvalue weighted by Gasteiger charge is 2.26. The molecular formula is C60H109NO7P+. The normalized spacial score (nSPS) is 14.1. The number of esters is 1. The lowest BCUT2D eigenvalue weighted by atomic mass is 10.1. The van der Waals surface area contributed by atoms with Gasteiger partial charge >= 0.3 is 13.8 Å². The molecule has 0 fully saturated rings. The van der Waals surface area contributed by atoms with Gasteiger partial charge in [0.1, 0.15) is 19.3 Å². The highest BCUT2D eigenvalue weighted by molar-refractivity contribution is 7.47. The van der Waals surface area contributed by atoms with Crippen molar-refractivity contribution in [2.75, 3.05) is 54.1 Å². The van der Waals surface area contributed by atoms with Gasteiger partial charge < -0.3 is 18.9 Å². The average Bonchev–Trinajstić information content (AvgIpc) is 3.31. The van der Waals surface area contributed by atoms with E-state index < -0.39 is 13.9 Å². The number of unbranched alkanes of at least 4 members (excludes halogenated alkanes) is 24. The van der Waals surface area contributed by atoms with Crippen molar-refractivity contribution in [3.8, 4) is 0 Å².